The second-order valence-corrected chi connectivity index (χ2v) is 7.46. The van der Waals surface area contributed by atoms with Crippen molar-refractivity contribution in [3.63, 3.8) is 0 Å². The highest BCUT2D eigenvalue weighted by atomic mass is 16.1. The van der Waals surface area contributed by atoms with Gasteiger partial charge in [0.2, 0.25) is 5.91 Å². The Morgan fingerprint density at radius 2 is 1.90 bits per heavy atom. The summed E-state index contributed by atoms with van der Waals surface area (Å²) in [5, 5.41) is 3.45. The third-order valence-electron chi connectivity index (χ3n) is 4.59. The van der Waals surface area contributed by atoms with Crippen LogP contribution in [0.25, 0.3) is 0 Å². The number of primary amides is 1. The predicted octanol–water partition coefficient (Wildman–Crippen LogP) is 1.88. The molecule has 0 spiro atoms. The molecule has 0 aromatic heterocycles. The molecule has 1 amide bonds. The van der Waals surface area contributed by atoms with Crippen molar-refractivity contribution in [1.29, 1.82) is 0 Å². The van der Waals surface area contributed by atoms with Gasteiger partial charge < -0.3 is 11.1 Å². The van der Waals surface area contributed by atoms with E-state index < -0.39 is 5.54 Å². The van der Waals surface area contributed by atoms with Crippen LogP contribution in [-0.4, -0.2) is 41.0 Å². The van der Waals surface area contributed by atoms with E-state index in [-0.39, 0.29) is 5.91 Å². The highest BCUT2D eigenvalue weighted by Gasteiger charge is 2.48. The van der Waals surface area contributed by atoms with Crippen LogP contribution in [0.4, 0.5) is 0 Å². The van der Waals surface area contributed by atoms with Crippen molar-refractivity contribution in [2.45, 2.75) is 83.5 Å². The maximum absolute atomic E-state index is 12.0. The Kier molecular flexibility index (Phi) is 4.75. The van der Waals surface area contributed by atoms with E-state index in [2.05, 4.69) is 37.9 Å². The zero-order valence-corrected chi connectivity index (χ0v) is 13.5. The number of carbonyl (C=O) groups is 1. The average Bonchev–Trinajstić information content (AvgIpc) is 3.07. The number of nitrogens with zero attached hydrogens (tertiary/aromatic N) is 1. The summed E-state index contributed by atoms with van der Waals surface area (Å²) in [6.07, 6.45) is 5.50. The zero-order valence-electron chi connectivity index (χ0n) is 13.5. The van der Waals surface area contributed by atoms with Gasteiger partial charge in [-0.3, -0.25) is 9.69 Å². The molecule has 0 radical (unpaired) electrons. The lowest BCUT2D eigenvalue weighted by Gasteiger charge is -2.34. The Labute approximate surface area is 123 Å². The number of hydrogen-bond donors (Lipinski definition) is 2. The summed E-state index contributed by atoms with van der Waals surface area (Å²) in [7, 11) is 0. The number of nitrogens with two attached hydrogens (primary N) is 1. The van der Waals surface area contributed by atoms with E-state index in [0.717, 1.165) is 31.8 Å². The van der Waals surface area contributed by atoms with Gasteiger partial charge in [0.05, 0.1) is 5.54 Å². The summed E-state index contributed by atoms with van der Waals surface area (Å²) < 4.78 is 0. The third-order valence-corrected chi connectivity index (χ3v) is 4.59. The van der Waals surface area contributed by atoms with E-state index in [1.807, 2.05) is 0 Å². The van der Waals surface area contributed by atoms with Crippen molar-refractivity contribution < 1.29 is 4.79 Å². The van der Waals surface area contributed by atoms with Gasteiger partial charge in [0, 0.05) is 24.7 Å². The second kappa shape index (κ2) is 6.02. The normalized spacial score (nSPS) is 30.6. The minimum atomic E-state index is -0.483. The van der Waals surface area contributed by atoms with Gasteiger partial charge in [0.1, 0.15) is 0 Å². The van der Waals surface area contributed by atoms with E-state index in [9.17, 15) is 4.79 Å². The molecule has 0 aromatic carbocycles. The Hall–Kier alpha value is -0.610. The first-order valence-electron chi connectivity index (χ1n) is 8.17. The Morgan fingerprint density at radius 1 is 1.25 bits per heavy atom. The average molecular weight is 281 g/mol. The molecule has 0 bridgehead atoms. The Bertz CT molecular complexity index is 352. The van der Waals surface area contributed by atoms with Crippen LogP contribution in [0.15, 0.2) is 0 Å². The van der Waals surface area contributed by atoms with E-state index >= 15 is 0 Å². The fourth-order valence-electron chi connectivity index (χ4n) is 3.71. The molecule has 0 heterocycles. The molecule has 0 aliphatic heterocycles. The number of nitrogens with one attached hydrogen (secondary N) is 1. The number of hydrogen-bond acceptors (Lipinski definition) is 3. The Morgan fingerprint density at radius 3 is 2.35 bits per heavy atom. The van der Waals surface area contributed by atoms with Gasteiger partial charge in [-0.1, -0.05) is 13.8 Å². The van der Waals surface area contributed by atoms with E-state index in [1.165, 1.54) is 12.8 Å². The van der Waals surface area contributed by atoms with Crippen LogP contribution in [0.2, 0.25) is 0 Å². The first-order chi connectivity index (χ1) is 9.34. The van der Waals surface area contributed by atoms with Crippen molar-refractivity contribution in [3.05, 3.63) is 0 Å². The molecular formula is C16H31N3O. The van der Waals surface area contributed by atoms with Crippen LogP contribution in [0.1, 0.15) is 59.8 Å². The molecule has 2 saturated carbocycles. The monoisotopic (exact) mass is 281 g/mol. The minimum absolute atomic E-state index is 0.172. The molecule has 2 unspecified atom stereocenters. The summed E-state index contributed by atoms with van der Waals surface area (Å²) in [6, 6.07) is 1.56. The highest BCUT2D eigenvalue weighted by molar-refractivity contribution is 5.85. The molecule has 2 aliphatic carbocycles. The predicted molar refractivity (Wildman–Crippen MR) is 82.4 cm³/mol. The van der Waals surface area contributed by atoms with E-state index in [4.69, 9.17) is 5.73 Å². The van der Waals surface area contributed by atoms with Crippen LogP contribution in [0.3, 0.4) is 0 Å². The van der Waals surface area contributed by atoms with Crippen molar-refractivity contribution in [1.82, 2.24) is 10.2 Å². The van der Waals surface area contributed by atoms with Gasteiger partial charge in [0.25, 0.3) is 0 Å². The minimum Gasteiger partial charge on any atom is -0.368 e. The van der Waals surface area contributed by atoms with Crippen molar-refractivity contribution >= 4 is 5.91 Å². The molecule has 3 N–H and O–H groups in total. The molecule has 2 fully saturated rings. The second-order valence-electron chi connectivity index (χ2n) is 7.46. The first-order valence-corrected chi connectivity index (χ1v) is 8.17. The van der Waals surface area contributed by atoms with Crippen LogP contribution in [0, 0.1) is 5.92 Å². The fourth-order valence-corrected chi connectivity index (χ4v) is 3.71. The van der Waals surface area contributed by atoms with Crippen LogP contribution in [-0.2, 0) is 4.79 Å². The van der Waals surface area contributed by atoms with Crippen LogP contribution >= 0.6 is 0 Å². The number of amides is 1. The molecule has 2 rings (SSSR count). The standard InChI is InChI=1S/C16H31N3O/c1-11(2)10-19(13-5-6-13)14-7-8-16(9-14,15(17)20)18-12(3)4/h11-14,18H,5-10H2,1-4H3,(H2,17,20). The quantitative estimate of drug-likeness (QED) is 0.749. The van der Waals surface area contributed by atoms with Crippen molar-refractivity contribution in [2.75, 3.05) is 6.54 Å². The first kappa shape index (κ1) is 15.8. The molecule has 116 valence electrons. The summed E-state index contributed by atoms with van der Waals surface area (Å²) >= 11 is 0. The summed E-state index contributed by atoms with van der Waals surface area (Å²) in [6.45, 7) is 9.87. The van der Waals surface area contributed by atoms with Crippen LogP contribution < -0.4 is 11.1 Å². The molecule has 0 aromatic rings. The summed E-state index contributed by atoms with van der Waals surface area (Å²) in [5.41, 5.74) is 5.23. The molecular weight excluding hydrogens is 250 g/mol. The van der Waals surface area contributed by atoms with Gasteiger partial charge in [-0.2, -0.15) is 0 Å². The zero-order chi connectivity index (χ0) is 14.9. The maximum Gasteiger partial charge on any atom is 0.237 e. The molecule has 4 nitrogen and oxygen atoms in total. The molecule has 2 atom stereocenters. The summed E-state index contributed by atoms with van der Waals surface area (Å²) in [4.78, 5) is 14.6. The van der Waals surface area contributed by atoms with Crippen LogP contribution in [0.5, 0.6) is 0 Å². The van der Waals surface area contributed by atoms with Gasteiger partial charge >= 0.3 is 0 Å². The SMILES string of the molecule is CC(C)CN(C1CC1)C1CCC(NC(C)C)(C(N)=O)C1. The molecule has 0 saturated heterocycles. The van der Waals surface area contributed by atoms with Gasteiger partial charge in [0.15, 0.2) is 0 Å². The van der Waals surface area contributed by atoms with Crippen molar-refractivity contribution in [3.8, 4) is 0 Å². The fraction of sp³-hybridized carbons (Fsp3) is 0.938. The lowest BCUT2D eigenvalue weighted by atomic mass is 9.95. The van der Waals surface area contributed by atoms with E-state index in [0.29, 0.717) is 18.0 Å². The van der Waals surface area contributed by atoms with Gasteiger partial charge in [-0.25, -0.2) is 0 Å². The maximum atomic E-state index is 12.0. The van der Waals surface area contributed by atoms with E-state index in [1.54, 1.807) is 0 Å². The molecule has 4 heteroatoms. The number of carbonyl (C=O) groups excluding carboxylic acids is 1. The summed E-state index contributed by atoms with van der Waals surface area (Å²) in [5.74, 6) is 0.506. The largest absolute Gasteiger partial charge is 0.368 e. The lowest BCUT2D eigenvalue weighted by molar-refractivity contribution is -0.124. The van der Waals surface area contributed by atoms with Gasteiger partial charge in [-0.05, 0) is 51.9 Å². The van der Waals surface area contributed by atoms with Crippen molar-refractivity contribution in [2.24, 2.45) is 11.7 Å². The highest BCUT2D eigenvalue weighted by Crippen LogP contribution is 2.39. The molecule has 2 aliphatic rings. The molecule has 20 heavy (non-hydrogen) atoms. The Balaban J connectivity index is 2.06. The topological polar surface area (TPSA) is 58.4 Å². The third kappa shape index (κ3) is 3.53. The lowest BCUT2D eigenvalue weighted by Crippen LogP contribution is -2.57. The van der Waals surface area contributed by atoms with Gasteiger partial charge in [-0.15, -0.1) is 0 Å². The number of rotatable bonds is 7. The smallest absolute Gasteiger partial charge is 0.237 e.